The molecule has 5 nitrogen and oxygen atoms in total. The van der Waals surface area contributed by atoms with Crippen LogP contribution in [0.3, 0.4) is 0 Å². The van der Waals surface area contributed by atoms with Crippen molar-refractivity contribution in [3.63, 3.8) is 0 Å². The second-order valence-electron chi connectivity index (χ2n) is 4.76. The molecule has 0 amide bonds. The van der Waals surface area contributed by atoms with E-state index in [-0.39, 0.29) is 18.1 Å². The zero-order valence-corrected chi connectivity index (χ0v) is 9.61. The fourth-order valence-electron chi connectivity index (χ4n) is 1.98. The third-order valence-electron chi connectivity index (χ3n) is 3.43. The van der Waals surface area contributed by atoms with E-state index in [0.29, 0.717) is 26.4 Å². The van der Waals surface area contributed by atoms with Crippen molar-refractivity contribution in [3.05, 3.63) is 0 Å². The maximum absolute atomic E-state index is 12.0. The van der Waals surface area contributed by atoms with Gasteiger partial charge in [-0.05, 0) is 6.92 Å². The first-order valence-electron chi connectivity index (χ1n) is 5.75. The number of esters is 1. The molecule has 0 aromatic carbocycles. The van der Waals surface area contributed by atoms with Crippen LogP contribution in [0.2, 0.25) is 0 Å². The molecule has 0 aromatic heterocycles. The Hall–Kier alpha value is -0.650. The van der Waals surface area contributed by atoms with E-state index in [1.54, 1.807) is 0 Å². The first-order valence-corrected chi connectivity index (χ1v) is 5.75. The Morgan fingerprint density at radius 3 is 2.62 bits per heavy atom. The van der Waals surface area contributed by atoms with Crippen LogP contribution < -0.4 is 5.73 Å². The predicted molar refractivity (Wildman–Crippen MR) is 56.8 cm³/mol. The van der Waals surface area contributed by atoms with Gasteiger partial charge in [-0.3, -0.25) is 4.79 Å². The number of carbonyl (C=O) groups excluding carboxylic acids is 1. The molecule has 2 aliphatic heterocycles. The summed E-state index contributed by atoms with van der Waals surface area (Å²) in [6, 6.07) is -0.264. The van der Waals surface area contributed by atoms with Gasteiger partial charge >= 0.3 is 5.97 Å². The zero-order valence-electron chi connectivity index (χ0n) is 9.61. The lowest BCUT2D eigenvalue weighted by atomic mass is 9.86. The van der Waals surface area contributed by atoms with Gasteiger partial charge in [0.05, 0.1) is 26.4 Å². The predicted octanol–water partition coefficient (Wildman–Crippen LogP) is 0.0724. The van der Waals surface area contributed by atoms with Gasteiger partial charge in [0.1, 0.15) is 11.5 Å². The van der Waals surface area contributed by atoms with E-state index in [9.17, 15) is 4.79 Å². The van der Waals surface area contributed by atoms with Crippen LogP contribution in [-0.4, -0.2) is 44.5 Å². The molecule has 2 atom stereocenters. The Bertz CT molecular complexity index is 265. The lowest BCUT2D eigenvalue weighted by Crippen LogP contribution is -2.46. The van der Waals surface area contributed by atoms with Crippen LogP contribution in [0.4, 0.5) is 0 Å². The molecule has 16 heavy (non-hydrogen) atoms. The largest absolute Gasteiger partial charge is 0.462 e. The minimum Gasteiger partial charge on any atom is -0.462 e. The van der Waals surface area contributed by atoms with Gasteiger partial charge in [-0.15, -0.1) is 0 Å². The summed E-state index contributed by atoms with van der Waals surface area (Å²) in [5.41, 5.74) is 5.19. The van der Waals surface area contributed by atoms with Crippen molar-refractivity contribution in [3.8, 4) is 0 Å². The maximum Gasteiger partial charge on any atom is 0.316 e. The monoisotopic (exact) mass is 229 g/mol. The first-order chi connectivity index (χ1) is 7.63. The van der Waals surface area contributed by atoms with Crippen molar-refractivity contribution in [1.82, 2.24) is 0 Å². The molecule has 0 radical (unpaired) electrons. The maximum atomic E-state index is 12.0. The summed E-state index contributed by atoms with van der Waals surface area (Å²) in [6.07, 6.45) is 1.53. The van der Waals surface area contributed by atoms with Crippen molar-refractivity contribution < 1.29 is 19.0 Å². The van der Waals surface area contributed by atoms with Gasteiger partial charge in [-0.2, -0.15) is 0 Å². The summed E-state index contributed by atoms with van der Waals surface area (Å²) in [4.78, 5) is 12.0. The third-order valence-corrected chi connectivity index (χ3v) is 3.43. The molecule has 2 aliphatic rings. The van der Waals surface area contributed by atoms with Crippen molar-refractivity contribution in [2.24, 2.45) is 11.1 Å². The van der Waals surface area contributed by atoms with Crippen LogP contribution in [-0.2, 0) is 19.0 Å². The standard InChI is InChI=1S/C11H19NO4/c1-11(7-15-6-9(11)12)10(13)16-8-2-4-14-5-3-8/h8-9H,2-7,12H2,1H3. The summed E-state index contributed by atoms with van der Waals surface area (Å²) < 4.78 is 15.9. The summed E-state index contributed by atoms with van der Waals surface area (Å²) >= 11 is 0. The first kappa shape index (κ1) is 11.8. The summed E-state index contributed by atoms with van der Waals surface area (Å²) in [5.74, 6) is -0.232. The average Bonchev–Trinajstić information content (AvgIpc) is 2.62. The summed E-state index contributed by atoms with van der Waals surface area (Å²) in [5, 5.41) is 0. The van der Waals surface area contributed by atoms with Gasteiger partial charge in [-0.1, -0.05) is 0 Å². The van der Waals surface area contributed by atoms with Crippen LogP contribution in [0.5, 0.6) is 0 Å². The highest BCUT2D eigenvalue weighted by Crippen LogP contribution is 2.29. The topological polar surface area (TPSA) is 70.8 Å². The molecule has 5 heteroatoms. The normalized spacial score (nSPS) is 36.2. The Morgan fingerprint density at radius 1 is 1.38 bits per heavy atom. The highest BCUT2D eigenvalue weighted by Gasteiger charge is 2.46. The minimum atomic E-state index is -0.682. The summed E-state index contributed by atoms with van der Waals surface area (Å²) in [7, 11) is 0. The molecule has 2 rings (SSSR count). The van der Waals surface area contributed by atoms with E-state index < -0.39 is 5.41 Å². The molecule has 0 aliphatic carbocycles. The van der Waals surface area contributed by atoms with E-state index in [1.165, 1.54) is 0 Å². The van der Waals surface area contributed by atoms with Gasteiger partial charge in [0.25, 0.3) is 0 Å². The van der Waals surface area contributed by atoms with E-state index in [2.05, 4.69) is 0 Å². The van der Waals surface area contributed by atoms with E-state index in [1.807, 2.05) is 6.92 Å². The number of ether oxygens (including phenoxy) is 3. The van der Waals surface area contributed by atoms with Gasteiger partial charge in [0.2, 0.25) is 0 Å². The minimum absolute atomic E-state index is 0.0223. The Balaban J connectivity index is 1.91. The lowest BCUT2D eigenvalue weighted by Gasteiger charge is -2.29. The molecule has 2 heterocycles. The summed E-state index contributed by atoms with van der Waals surface area (Å²) in [6.45, 7) is 3.93. The lowest BCUT2D eigenvalue weighted by molar-refractivity contribution is -0.165. The zero-order chi connectivity index (χ0) is 11.6. The Kier molecular flexibility index (Phi) is 3.47. The molecule has 0 saturated carbocycles. The fourth-order valence-corrected chi connectivity index (χ4v) is 1.98. The third kappa shape index (κ3) is 2.21. The Morgan fingerprint density at radius 2 is 2.06 bits per heavy atom. The fraction of sp³-hybridized carbons (Fsp3) is 0.909. The van der Waals surface area contributed by atoms with E-state index in [0.717, 1.165) is 12.8 Å². The molecule has 0 spiro atoms. The van der Waals surface area contributed by atoms with Crippen molar-refractivity contribution >= 4 is 5.97 Å². The van der Waals surface area contributed by atoms with Crippen molar-refractivity contribution in [2.75, 3.05) is 26.4 Å². The molecule has 0 bridgehead atoms. The highest BCUT2D eigenvalue weighted by molar-refractivity contribution is 5.78. The molecule has 2 saturated heterocycles. The molecule has 92 valence electrons. The molecular weight excluding hydrogens is 210 g/mol. The van der Waals surface area contributed by atoms with Gasteiger partial charge < -0.3 is 19.9 Å². The highest BCUT2D eigenvalue weighted by atomic mass is 16.6. The number of hydrogen-bond acceptors (Lipinski definition) is 5. The molecule has 0 aromatic rings. The van der Waals surface area contributed by atoms with Crippen LogP contribution in [0, 0.1) is 5.41 Å². The number of nitrogens with two attached hydrogens (primary N) is 1. The van der Waals surface area contributed by atoms with Crippen LogP contribution >= 0.6 is 0 Å². The number of hydrogen-bond donors (Lipinski definition) is 1. The van der Waals surface area contributed by atoms with Gasteiger partial charge in [0, 0.05) is 18.9 Å². The number of carbonyl (C=O) groups is 1. The smallest absolute Gasteiger partial charge is 0.316 e. The van der Waals surface area contributed by atoms with Crippen LogP contribution in [0.1, 0.15) is 19.8 Å². The average molecular weight is 229 g/mol. The number of rotatable bonds is 2. The quantitative estimate of drug-likeness (QED) is 0.679. The van der Waals surface area contributed by atoms with Crippen molar-refractivity contribution in [1.29, 1.82) is 0 Å². The van der Waals surface area contributed by atoms with E-state index >= 15 is 0 Å². The molecule has 2 N–H and O–H groups in total. The van der Waals surface area contributed by atoms with Gasteiger partial charge in [-0.25, -0.2) is 0 Å². The van der Waals surface area contributed by atoms with Crippen LogP contribution in [0.25, 0.3) is 0 Å². The second-order valence-corrected chi connectivity index (χ2v) is 4.76. The Labute approximate surface area is 95.2 Å². The SMILES string of the molecule is CC1(C(=O)OC2CCOCC2)COCC1N. The second kappa shape index (κ2) is 4.69. The molecular formula is C11H19NO4. The van der Waals surface area contributed by atoms with Crippen molar-refractivity contribution in [2.45, 2.75) is 31.9 Å². The molecule has 2 unspecified atom stereocenters. The molecule has 2 fully saturated rings. The van der Waals surface area contributed by atoms with Gasteiger partial charge in [0.15, 0.2) is 0 Å². The van der Waals surface area contributed by atoms with E-state index in [4.69, 9.17) is 19.9 Å². The van der Waals surface area contributed by atoms with Crippen LogP contribution in [0.15, 0.2) is 0 Å².